The van der Waals surface area contributed by atoms with E-state index in [1.54, 1.807) is 0 Å². The fraction of sp³-hybridized carbons (Fsp3) is 1.00. The van der Waals surface area contributed by atoms with Gasteiger partial charge in [-0.15, -0.1) is 0 Å². The molecule has 0 saturated carbocycles. The second kappa shape index (κ2) is 6.19. The van der Waals surface area contributed by atoms with Crippen LogP contribution < -0.4 is 5.73 Å². The number of nitrogens with zero attached hydrogens (tertiary/aromatic N) is 1. The van der Waals surface area contributed by atoms with Crippen molar-refractivity contribution in [1.29, 1.82) is 0 Å². The number of hydrogen-bond acceptors (Lipinski definition) is 2. The molecular weight excluding hydrogens is 208 g/mol. The zero-order valence-corrected chi connectivity index (χ0v) is 12.5. The Bertz CT molecular complexity index is 217. The van der Waals surface area contributed by atoms with Gasteiger partial charge in [-0.25, -0.2) is 0 Å². The number of nitrogens with two attached hydrogens (primary N) is 1. The summed E-state index contributed by atoms with van der Waals surface area (Å²) in [5.41, 5.74) is 6.57. The summed E-state index contributed by atoms with van der Waals surface area (Å²) in [6.45, 7) is 15.3. The zero-order chi connectivity index (χ0) is 13.1. The van der Waals surface area contributed by atoms with Crippen LogP contribution in [0.1, 0.15) is 53.9 Å². The molecule has 1 saturated heterocycles. The summed E-state index contributed by atoms with van der Waals surface area (Å²) in [7, 11) is 0. The molecule has 0 spiro atoms. The summed E-state index contributed by atoms with van der Waals surface area (Å²) in [5, 5.41) is 0. The van der Waals surface area contributed by atoms with Gasteiger partial charge >= 0.3 is 0 Å². The van der Waals surface area contributed by atoms with E-state index < -0.39 is 0 Å². The highest BCUT2D eigenvalue weighted by molar-refractivity contribution is 4.79. The zero-order valence-electron chi connectivity index (χ0n) is 12.5. The standard InChI is InChI=1S/C15H32N2/c1-12(2)13-6-8-17(11-13)9-7-14(16)10-15(3,4)5/h12-14H,6-11,16H2,1-5H3. The van der Waals surface area contributed by atoms with Crippen LogP contribution in [0.3, 0.4) is 0 Å². The molecule has 17 heavy (non-hydrogen) atoms. The quantitative estimate of drug-likeness (QED) is 0.800. The minimum Gasteiger partial charge on any atom is -0.328 e. The number of rotatable bonds is 5. The summed E-state index contributed by atoms with van der Waals surface area (Å²) < 4.78 is 0. The van der Waals surface area contributed by atoms with Gasteiger partial charge < -0.3 is 10.6 Å². The van der Waals surface area contributed by atoms with Gasteiger partial charge in [-0.05, 0) is 49.6 Å². The van der Waals surface area contributed by atoms with Crippen LogP contribution >= 0.6 is 0 Å². The predicted octanol–water partition coefficient (Wildman–Crippen LogP) is 3.12. The van der Waals surface area contributed by atoms with E-state index in [0.29, 0.717) is 11.5 Å². The fourth-order valence-electron chi connectivity index (χ4n) is 2.85. The molecule has 1 aliphatic rings. The van der Waals surface area contributed by atoms with Gasteiger partial charge in [-0.1, -0.05) is 34.6 Å². The molecule has 0 aliphatic carbocycles. The van der Waals surface area contributed by atoms with Crippen LogP contribution in [0.15, 0.2) is 0 Å². The van der Waals surface area contributed by atoms with E-state index >= 15 is 0 Å². The summed E-state index contributed by atoms with van der Waals surface area (Å²) in [6.07, 6.45) is 3.67. The third kappa shape index (κ3) is 5.87. The lowest BCUT2D eigenvalue weighted by Crippen LogP contribution is -2.32. The number of hydrogen-bond donors (Lipinski definition) is 1. The van der Waals surface area contributed by atoms with Crippen LogP contribution in [0, 0.1) is 17.3 Å². The first kappa shape index (κ1) is 15.0. The molecule has 0 aromatic carbocycles. The van der Waals surface area contributed by atoms with Crippen molar-refractivity contribution in [1.82, 2.24) is 4.90 Å². The Labute approximate surface area is 108 Å². The average molecular weight is 240 g/mol. The molecule has 2 heteroatoms. The molecule has 1 aliphatic heterocycles. The summed E-state index contributed by atoms with van der Waals surface area (Å²) in [5.74, 6) is 1.75. The Morgan fingerprint density at radius 1 is 1.29 bits per heavy atom. The molecule has 102 valence electrons. The molecule has 2 N–H and O–H groups in total. The molecule has 2 nitrogen and oxygen atoms in total. The van der Waals surface area contributed by atoms with Gasteiger partial charge in [0.25, 0.3) is 0 Å². The van der Waals surface area contributed by atoms with Gasteiger partial charge in [0.1, 0.15) is 0 Å². The first-order valence-electron chi connectivity index (χ1n) is 7.26. The molecule has 1 heterocycles. The molecule has 1 fully saturated rings. The molecule has 1 rings (SSSR count). The van der Waals surface area contributed by atoms with Crippen molar-refractivity contribution >= 4 is 0 Å². The first-order valence-corrected chi connectivity index (χ1v) is 7.26. The highest BCUT2D eigenvalue weighted by atomic mass is 15.1. The highest BCUT2D eigenvalue weighted by Gasteiger charge is 2.25. The predicted molar refractivity (Wildman–Crippen MR) is 76.0 cm³/mol. The lowest BCUT2D eigenvalue weighted by Gasteiger charge is -2.25. The van der Waals surface area contributed by atoms with Crippen molar-refractivity contribution in [2.24, 2.45) is 23.0 Å². The highest BCUT2D eigenvalue weighted by Crippen LogP contribution is 2.25. The molecule has 0 aromatic rings. The molecule has 0 aromatic heterocycles. The Balaban J connectivity index is 2.19. The molecule has 2 atom stereocenters. The van der Waals surface area contributed by atoms with E-state index in [2.05, 4.69) is 39.5 Å². The normalized spacial score (nSPS) is 24.5. The maximum absolute atomic E-state index is 6.21. The third-order valence-electron chi connectivity index (χ3n) is 3.94. The molecule has 0 amide bonds. The maximum atomic E-state index is 6.21. The van der Waals surface area contributed by atoms with Gasteiger partial charge in [0.2, 0.25) is 0 Å². The second-order valence-electron chi connectivity index (χ2n) is 7.41. The minimum absolute atomic E-state index is 0.366. The largest absolute Gasteiger partial charge is 0.328 e. The van der Waals surface area contributed by atoms with Crippen LogP contribution in [0.4, 0.5) is 0 Å². The van der Waals surface area contributed by atoms with Gasteiger partial charge in [0.05, 0.1) is 0 Å². The summed E-state index contributed by atoms with van der Waals surface area (Å²) >= 11 is 0. The molecule has 0 radical (unpaired) electrons. The third-order valence-corrected chi connectivity index (χ3v) is 3.94. The van der Waals surface area contributed by atoms with Crippen LogP contribution in [-0.2, 0) is 0 Å². The molecular formula is C15H32N2. The van der Waals surface area contributed by atoms with Gasteiger partial charge in [0.15, 0.2) is 0 Å². The molecule has 2 unspecified atom stereocenters. The second-order valence-corrected chi connectivity index (χ2v) is 7.41. The van der Waals surface area contributed by atoms with Crippen LogP contribution in [0.25, 0.3) is 0 Å². The maximum Gasteiger partial charge on any atom is 0.00559 e. The van der Waals surface area contributed by atoms with Crippen molar-refractivity contribution in [2.45, 2.75) is 59.9 Å². The van der Waals surface area contributed by atoms with Gasteiger partial charge in [-0.2, -0.15) is 0 Å². The van der Waals surface area contributed by atoms with E-state index in [-0.39, 0.29) is 0 Å². The van der Waals surface area contributed by atoms with Crippen LogP contribution in [-0.4, -0.2) is 30.6 Å². The Morgan fingerprint density at radius 3 is 2.41 bits per heavy atom. The van der Waals surface area contributed by atoms with Crippen molar-refractivity contribution in [2.75, 3.05) is 19.6 Å². The lowest BCUT2D eigenvalue weighted by molar-refractivity contribution is 0.269. The fourth-order valence-corrected chi connectivity index (χ4v) is 2.85. The SMILES string of the molecule is CC(C)C1CCN(CCC(N)CC(C)(C)C)C1. The van der Waals surface area contributed by atoms with E-state index in [0.717, 1.165) is 24.7 Å². The van der Waals surface area contributed by atoms with E-state index in [1.807, 2.05) is 0 Å². The van der Waals surface area contributed by atoms with Gasteiger partial charge in [0, 0.05) is 12.6 Å². The lowest BCUT2D eigenvalue weighted by atomic mass is 9.87. The number of likely N-dealkylation sites (tertiary alicyclic amines) is 1. The monoisotopic (exact) mass is 240 g/mol. The first-order chi connectivity index (χ1) is 7.78. The Hall–Kier alpha value is -0.0800. The van der Waals surface area contributed by atoms with E-state index in [4.69, 9.17) is 5.73 Å². The van der Waals surface area contributed by atoms with Gasteiger partial charge in [-0.3, -0.25) is 0 Å². The smallest absolute Gasteiger partial charge is 0.00559 e. The molecule has 0 bridgehead atoms. The van der Waals surface area contributed by atoms with E-state index in [9.17, 15) is 0 Å². The topological polar surface area (TPSA) is 29.3 Å². The average Bonchev–Trinajstić information content (AvgIpc) is 2.60. The van der Waals surface area contributed by atoms with Crippen molar-refractivity contribution < 1.29 is 0 Å². The van der Waals surface area contributed by atoms with Crippen molar-refractivity contribution in [3.8, 4) is 0 Å². The minimum atomic E-state index is 0.366. The van der Waals surface area contributed by atoms with Crippen molar-refractivity contribution in [3.63, 3.8) is 0 Å². The Morgan fingerprint density at radius 2 is 1.94 bits per heavy atom. The van der Waals surface area contributed by atoms with E-state index in [1.165, 1.54) is 26.1 Å². The Kier molecular flexibility index (Phi) is 5.46. The van der Waals surface area contributed by atoms with Crippen molar-refractivity contribution in [3.05, 3.63) is 0 Å². The van der Waals surface area contributed by atoms with Crippen LogP contribution in [0.5, 0.6) is 0 Å². The summed E-state index contributed by atoms with van der Waals surface area (Å²) in [6, 6.07) is 0.369. The van der Waals surface area contributed by atoms with Crippen LogP contribution in [0.2, 0.25) is 0 Å². The summed E-state index contributed by atoms with van der Waals surface area (Å²) in [4.78, 5) is 2.60.